The van der Waals surface area contributed by atoms with Crippen LogP contribution in [0.1, 0.15) is 48.3 Å². The molecule has 2 N–H and O–H groups in total. The van der Waals surface area contributed by atoms with Gasteiger partial charge in [0.05, 0.1) is 39.3 Å². The summed E-state index contributed by atoms with van der Waals surface area (Å²) in [5, 5.41) is 25.6. The number of carbonyl (C=O) groups is 2. The van der Waals surface area contributed by atoms with Crippen LogP contribution in [0.25, 0.3) is 0 Å². The van der Waals surface area contributed by atoms with E-state index in [0.29, 0.717) is 21.6 Å². The largest absolute Gasteiger partial charge is 1.00 e. The van der Waals surface area contributed by atoms with Crippen molar-refractivity contribution in [2.45, 2.75) is 61.9 Å². The normalized spacial score (nSPS) is 30.0. The van der Waals surface area contributed by atoms with Crippen molar-refractivity contribution in [1.29, 1.82) is 0 Å². The first kappa shape index (κ1) is 42.5. The summed E-state index contributed by atoms with van der Waals surface area (Å²) in [5.41, 5.74) is -3.24. The summed E-state index contributed by atoms with van der Waals surface area (Å²) >= 11 is 2.73. The molecular weight excluding hydrogens is 804 g/mol. The first-order valence-electron chi connectivity index (χ1n) is 17.1. The lowest BCUT2D eigenvalue weighted by Gasteiger charge is -2.51. The number of hydrogen-bond donors (Lipinski definition) is 2. The maximum Gasteiger partial charge on any atom is 0.344 e. The highest BCUT2D eigenvalue weighted by atomic mass is 79.9. The van der Waals surface area contributed by atoms with Gasteiger partial charge in [0.15, 0.2) is 23.4 Å². The Morgan fingerprint density at radius 3 is 1.34 bits per heavy atom. The average molecular weight is 857 g/mol. The highest BCUT2D eigenvalue weighted by Gasteiger charge is 2.51. The number of ether oxygens (including phenoxy) is 2. The van der Waals surface area contributed by atoms with Gasteiger partial charge in [0.25, 0.3) is 0 Å². The Morgan fingerprint density at radius 2 is 1.06 bits per heavy atom. The second kappa shape index (κ2) is 18.2. The number of nitrogens with zero attached hydrogens (tertiary/aromatic N) is 2. The Labute approximate surface area is 326 Å². The predicted molar refractivity (Wildman–Crippen MR) is 191 cm³/mol. The predicted octanol–water partition coefficient (Wildman–Crippen LogP) is -0.292. The molecule has 6 saturated heterocycles. The van der Waals surface area contributed by atoms with Crippen LogP contribution in [0.4, 0.5) is 0 Å². The van der Waals surface area contributed by atoms with Crippen LogP contribution in [-0.2, 0) is 30.3 Å². The van der Waals surface area contributed by atoms with E-state index in [9.17, 15) is 19.8 Å². The molecule has 0 aliphatic carbocycles. The first-order chi connectivity index (χ1) is 23.1. The molecular formula is C38H52Br2N2O6S2. The molecule has 8 nitrogen and oxygen atoms in total. The third kappa shape index (κ3) is 9.00. The van der Waals surface area contributed by atoms with Gasteiger partial charge in [0.2, 0.25) is 0 Å². The van der Waals surface area contributed by atoms with E-state index >= 15 is 0 Å². The van der Waals surface area contributed by atoms with Gasteiger partial charge >= 0.3 is 11.9 Å². The fraction of sp³-hybridized carbons (Fsp3) is 0.526. The topological polar surface area (TPSA) is 93.1 Å². The second-order valence-corrected chi connectivity index (χ2v) is 16.0. The standard InChI is InChI=1S/2C19H26NO3S.2BrH/c2*1-3-9-19(22,17-6-5-13-24-17)18(21)23-16-14-20(10-4-2)11-7-15(16)8-12-20;;/h2*3-6,13,15-16,22H,1-2,7-12,14H2;2*1H/q2*+1;;/p-2/t2*15?,16-,19?,20?;;/m00../s1. The van der Waals surface area contributed by atoms with Gasteiger partial charge in [0.1, 0.15) is 13.1 Å². The van der Waals surface area contributed by atoms with Crippen LogP contribution < -0.4 is 34.0 Å². The van der Waals surface area contributed by atoms with Crippen molar-refractivity contribution in [3.63, 3.8) is 0 Å². The molecule has 0 radical (unpaired) electrons. The number of quaternary nitrogens is 2. The smallest absolute Gasteiger partial charge is 0.344 e. The zero-order valence-electron chi connectivity index (χ0n) is 28.8. The van der Waals surface area contributed by atoms with Crippen LogP contribution in [0.3, 0.4) is 0 Å². The lowest BCUT2D eigenvalue weighted by molar-refractivity contribution is -0.941. The third-order valence-electron chi connectivity index (χ3n) is 11.0. The number of piperidine rings is 6. The van der Waals surface area contributed by atoms with Gasteiger partial charge in [-0.05, 0) is 35.0 Å². The summed E-state index contributed by atoms with van der Waals surface area (Å²) in [5.74, 6) is -0.258. The van der Waals surface area contributed by atoms with E-state index in [-0.39, 0.29) is 59.0 Å². The fourth-order valence-corrected chi connectivity index (χ4v) is 9.90. The number of fused-ring (bicyclic) bond motifs is 6. The van der Waals surface area contributed by atoms with Crippen molar-refractivity contribution in [1.82, 2.24) is 0 Å². The van der Waals surface area contributed by atoms with Crippen LogP contribution in [0, 0.1) is 11.8 Å². The molecule has 6 fully saturated rings. The molecule has 2 unspecified atom stereocenters. The van der Waals surface area contributed by atoms with Crippen LogP contribution in [0.15, 0.2) is 85.6 Å². The van der Waals surface area contributed by atoms with Gasteiger partial charge in [-0.15, -0.1) is 35.8 Å². The van der Waals surface area contributed by atoms with Crippen molar-refractivity contribution >= 4 is 34.6 Å². The van der Waals surface area contributed by atoms with E-state index in [1.807, 2.05) is 35.0 Å². The average Bonchev–Trinajstić information content (AvgIpc) is 3.83. The fourth-order valence-electron chi connectivity index (χ4n) is 8.25. The lowest BCUT2D eigenvalue weighted by Crippen LogP contribution is -3.00. The molecule has 0 aromatic carbocycles. The second-order valence-electron chi connectivity index (χ2n) is 14.1. The molecule has 8 rings (SSSR count). The highest BCUT2D eigenvalue weighted by molar-refractivity contribution is 7.10. The van der Waals surface area contributed by atoms with Crippen molar-refractivity contribution in [2.24, 2.45) is 11.8 Å². The number of esters is 2. The Morgan fingerprint density at radius 1 is 0.700 bits per heavy atom. The van der Waals surface area contributed by atoms with Gasteiger partial charge in [-0.3, -0.25) is 0 Å². The molecule has 4 bridgehead atoms. The number of halogens is 2. The van der Waals surface area contributed by atoms with Gasteiger partial charge in [-0.2, -0.15) is 0 Å². The number of rotatable bonds is 14. The monoisotopic (exact) mass is 854 g/mol. The summed E-state index contributed by atoms with van der Waals surface area (Å²) < 4.78 is 13.6. The van der Waals surface area contributed by atoms with Crippen molar-refractivity contribution in [2.75, 3.05) is 52.4 Å². The highest BCUT2D eigenvalue weighted by Crippen LogP contribution is 2.39. The van der Waals surface area contributed by atoms with E-state index < -0.39 is 23.1 Å². The number of thiophene rings is 2. The molecule has 2 aromatic rings. The van der Waals surface area contributed by atoms with Crippen LogP contribution in [0.5, 0.6) is 0 Å². The summed E-state index contributed by atoms with van der Waals surface area (Å²) in [6.45, 7) is 23.1. The molecule has 4 atom stereocenters. The Bertz CT molecular complexity index is 1330. The summed E-state index contributed by atoms with van der Waals surface area (Å²) in [4.78, 5) is 26.9. The zero-order valence-corrected chi connectivity index (χ0v) is 33.6. The molecule has 2 aromatic heterocycles. The molecule has 8 heterocycles. The van der Waals surface area contributed by atoms with Crippen molar-refractivity contribution < 1.29 is 72.2 Å². The Hall–Kier alpha value is -1.90. The number of aliphatic hydroxyl groups is 2. The maximum atomic E-state index is 12.8. The minimum atomic E-state index is -1.62. The van der Waals surface area contributed by atoms with E-state index in [1.165, 1.54) is 22.7 Å². The molecule has 6 aliphatic rings. The number of hydrogen-bond acceptors (Lipinski definition) is 8. The SMILES string of the molecule is C=CCC(O)(C(=O)O[C@H]1C[N+]2(CC=C)CCC1CC2)c1cccs1.C=CCC(O)(C(=O)O[C@H]1C[N+]2(CC=C)CCC1CC2)c1cccs1.[Br-].[Br-]. The van der Waals surface area contributed by atoms with E-state index in [0.717, 1.165) is 87.0 Å². The quantitative estimate of drug-likeness (QED) is 0.154. The van der Waals surface area contributed by atoms with E-state index in [1.54, 1.807) is 24.3 Å². The van der Waals surface area contributed by atoms with Gasteiger partial charge in [-0.1, -0.05) is 37.4 Å². The molecule has 50 heavy (non-hydrogen) atoms. The van der Waals surface area contributed by atoms with Crippen LogP contribution >= 0.6 is 22.7 Å². The summed E-state index contributed by atoms with van der Waals surface area (Å²) in [6.07, 6.45) is 11.5. The minimum absolute atomic E-state index is 0. The molecule has 12 heteroatoms. The molecule has 0 spiro atoms. The maximum absolute atomic E-state index is 12.8. The molecule has 276 valence electrons. The van der Waals surface area contributed by atoms with E-state index in [2.05, 4.69) is 26.3 Å². The number of carbonyl (C=O) groups excluding carboxylic acids is 2. The minimum Gasteiger partial charge on any atom is -1.00 e. The Kier molecular flexibility index (Phi) is 15.5. The van der Waals surface area contributed by atoms with Gasteiger partial charge < -0.3 is 62.6 Å². The van der Waals surface area contributed by atoms with E-state index in [4.69, 9.17) is 9.47 Å². The molecule has 0 amide bonds. The van der Waals surface area contributed by atoms with Gasteiger partial charge in [0, 0.05) is 60.1 Å². The zero-order chi connectivity index (χ0) is 34.4. The van der Waals surface area contributed by atoms with Crippen molar-refractivity contribution in [3.8, 4) is 0 Å². The van der Waals surface area contributed by atoms with Crippen LogP contribution in [0.2, 0.25) is 0 Å². The third-order valence-corrected chi connectivity index (χ3v) is 13.1. The van der Waals surface area contributed by atoms with Crippen molar-refractivity contribution in [3.05, 3.63) is 95.4 Å². The lowest BCUT2D eigenvalue weighted by atomic mass is 9.83. The molecule has 0 saturated carbocycles. The Balaban J connectivity index is 0.000000260. The summed E-state index contributed by atoms with van der Waals surface area (Å²) in [7, 11) is 0. The first-order valence-corrected chi connectivity index (χ1v) is 18.9. The van der Waals surface area contributed by atoms with Gasteiger partial charge in [-0.25, -0.2) is 9.59 Å². The summed E-state index contributed by atoms with van der Waals surface area (Å²) in [6, 6.07) is 7.22. The molecule has 6 aliphatic heterocycles. The van der Waals surface area contributed by atoms with Crippen LogP contribution in [-0.4, -0.2) is 95.7 Å².